The number of carbonyl (C=O) groups is 2. The first-order valence-corrected chi connectivity index (χ1v) is 12.4. The number of rotatable bonds is 5. The second-order valence-corrected chi connectivity index (χ2v) is 9.74. The molecule has 0 bridgehead atoms. The fourth-order valence-corrected chi connectivity index (χ4v) is 5.10. The number of hydrogen-bond donors (Lipinski definition) is 3. The highest BCUT2D eigenvalue weighted by Crippen LogP contribution is 2.44. The summed E-state index contributed by atoms with van der Waals surface area (Å²) in [4.78, 5) is 27.2. The Kier molecular flexibility index (Phi) is 6.56. The maximum Gasteiger partial charge on any atom is 0.286 e. The van der Waals surface area contributed by atoms with E-state index < -0.39 is 11.8 Å². The molecular weight excluding hydrogens is 470 g/mol. The smallest absolute Gasteiger partial charge is 0.286 e. The van der Waals surface area contributed by atoms with Crippen LogP contribution < -0.4 is 10.3 Å². The van der Waals surface area contributed by atoms with Gasteiger partial charge in [-0.05, 0) is 96.8 Å². The van der Waals surface area contributed by atoms with Crippen LogP contribution in [-0.4, -0.2) is 43.3 Å². The van der Waals surface area contributed by atoms with Gasteiger partial charge < -0.3 is 5.11 Å². The summed E-state index contributed by atoms with van der Waals surface area (Å²) >= 11 is 0. The highest BCUT2D eigenvalue weighted by atomic mass is 16.3. The Hall–Kier alpha value is -4.34. The van der Waals surface area contributed by atoms with E-state index in [2.05, 4.69) is 31.2 Å². The lowest BCUT2D eigenvalue weighted by atomic mass is 9.77. The third-order valence-electron chi connectivity index (χ3n) is 7.31. The number of aryl methyl sites for hydroxylation is 2. The third kappa shape index (κ3) is 4.74. The zero-order valence-corrected chi connectivity index (χ0v) is 21.0. The van der Waals surface area contributed by atoms with Gasteiger partial charge in [-0.1, -0.05) is 24.6 Å². The van der Waals surface area contributed by atoms with Gasteiger partial charge in [-0.15, -0.1) is 5.10 Å². The number of benzene rings is 2. The molecule has 0 radical (unpaired) electrons. The summed E-state index contributed by atoms with van der Waals surface area (Å²) in [7, 11) is 0. The van der Waals surface area contributed by atoms with Crippen LogP contribution in [0.1, 0.15) is 67.0 Å². The average Bonchev–Trinajstić information content (AvgIpc) is 3.42. The molecule has 1 saturated carbocycles. The number of aromatic amines is 1. The zero-order chi connectivity index (χ0) is 26.1. The summed E-state index contributed by atoms with van der Waals surface area (Å²) in [5, 5.41) is 29.8. The number of hydrazone groups is 1. The molecule has 1 aliphatic heterocycles. The van der Waals surface area contributed by atoms with Crippen molar-refractivity contribution in [3.8, 4) is 5.75 Å². The maximum atomic E-state index is 13.3. The van der Waals surface area contributed by atoms with E-state index in [-0.39, 0.29) is 23.3 Å². The third-order valence-corrected chi connectivity index (χ3v) is 7.31. The van der Waals surface area contributed by atoms with Gasteiger partial charge >= 0.3 is 0 Å². The number of H-pyrrole nitrogens is 1. The van der Waals surface area contributed by atoms with Crippen LogP contribution in [0.4, 0.5) is 11.4 Å². The minimum absolute atomic E-state index is 0.0974. The number of phenols is 1. The van der Waals surface area contributed by atoms with Crippen molar-refractivity contribution in [2.45, 2.75) is 58.3 Å². The normalized spacial score (nSPS) is 21.3. The second-order valence-electron chi connectivity index (χ2n) is 9.74. The van der Waals surface area contributed by atoms with Crippen molar-refractivity contribution >= 4 is 28.9 Å². The maximum absolute atomic E-state index is 13.3. The van der Waals surface area contributed by atoms with Gasteiger partial charge in [0.1, 0.15) is 5.75 Å². The van der Waals surface area contributed by atoms with Crippen LogP contribution in [0.5, 0.6) is 5.75 Å². The van der Waals surface area contributed by atoms with E-state index in [1.54, 1.807) is 19.1 Å². The van der Waals surface area contributed by atoms with Crippen molar-refractivity contribution in [1.29, 1.82) is 0 Å². The van der Waals surface area contributed by atoms with Gasteiger partial charge in [-0.3, -0.25) is 15.0 Å². The molecule has 1 aliphatic carbocycles. The topological polar surface area (TPSA) is 136 Å². The lowest BCUT2D eigenvalue weighted by Crippen LogP contribution is -2.45. The number of aromatic hydroxyl groups is 1. The number of nitrogens with zero attached hydrogens (tertiary/aromatic N) is 5. The van der Waals surface area contributed by atoms with Crippen LogP contribution in [0.25, 0.3) is 0 Å². The number of carbonyl (C=O) groups excluding carboxylic acids is 2. The number of amides is 2. The van der Waals surface area contributed by atoms with Gasteiger partial charge in [-0.2, -0.15) is 5.10 Å². The van der Waals surface area contributed by atoms with Gasteiger partial charge in [-0.25, -0.2) is 10.00 Å². The predicted octanol–water partition coefficient (Wildman–Crippen LogP) is 4.25. The van der Waals surface area contributed by atoms with Crippen LogP contribution in [0.2, 0.25) is 0 Å². The number of tetrazole rings is 1. The lowest BCUT2D eigenvalue weighted by molar-refractivity contribution is -0.121. The average molecular weight is 500 g/mol. The van der Waals surface area contributed by atoms with E-state index in [9.17, 15) is 14.7 Å². The van der Waals surface area contributed by atoms with Crippen LogP contribution in [0, 0.1) is 13.8 Å². The first-order chi connectivity index (χ1) is 17.8. The molecule has 190 valence electrons. The zero-order valence-electron chi connectivity index (χ0n) is 21.0. The molecule has 2 aromatic carbocycles. The molecule has 2 amide bonds. The molecule has 5 rings (SSSR count). The Labute approximate surface area is 214 Å². The van der Waals surface area contributed by atoms with Crippen LogP contribution in [-0.2, 0) is 9.59 Å². The van der Waals surface area contributed by atoms with Gasteiger partial charge in [0, 0.05) is 12.0 Å². The van der Waals surface area contributed by atoms with E-state index in [0.29, 0.717) is 16.9 Å². The molecule has 1 aromatic heterocycles. The molecule has 10 nitrogen and oxygen atoms in total. The Bertz CT molecular complexity index is 1410. The van der Waals surface area contributed by atoms with Crippen LogP contribution >= 0.6 is 0 Å². The lowest BCUT2D eigenvalue weighted by Gasteiger charge is -2.28. The largest absolute Gasteiger partial charge is 0.505 e. The Morgan fingerprint density at radius 2 is 1.89 bits per heavy atom. The fraction of sp³-hybridized carbons (Fsp3) is 0.333. The first-order valence-electron chi connectivity index (χ1n) is 12.4. The molecule has 2 heterocycles. The molecule has 3 N–H and O–H groups in total. The Morgan fingerprint density at radius 3 is 2.65 bits per heavy atom. The monoisotopic (exact) mass is 499 g/mol. The van der Waals surface area contributed by atoms with E-state index >= 15 is 0 Å². The van der Waals surface area contributed by atoms with Crippen molar-refractivity contribution in [3.05, 3.63) is 70.6 Å². The van der Waals surface area contributed by atoms with E-state index in [0.717, 1.165) is 53.1 Å². The molecule has 0 spiro atoms. The van der Waals surface area contributed by atoms with Gasteiger partial charge in [0.05, 0.1) is 11.4 Å². The van der Waals surface area contributed by atoms with E-state index in [1.807, 2.05) is 38.1 Å². The fourth-order valence-electron chi connectivity index (χ4n) is 5.10. The summed E-state index contributed by atoms with van der Waals surface area (Å²) in [6.07, 6.45) is 5.14. The highest BCUT2D eigenvalue weighted by Gasteiger charge is 2.33. The molecule has 2 atom stereocenters. The van der Waals surface area contributed by atoms with Gasteiger partial charge in [0.2, 0.25) is 0 Å². The molecule has 2 unspecified atom stereocenters. The summed E-state index contributed by atoms with van der Waals surface area (Å²) in [6.45, 7) is 5.58. The van der Waals surface area contributed by atoms with Crippen molar-refractivity contribution in [3.63, 3.8) is 0 Å². The highest BCUT2D eigenvalue weighted by molar-refractivity contribution is 6.56. The summed E-state index contributed by atoms with van der Waals surface area (Å²) in [6, 6.07) is 10.9. The minimum atomic E-state index is -0.521. The summed E-state index contributed by atoms with van der Waals surface area (Å²) < 4.78 is 0. The van der Waals surface area contributed by atoms with Crippen molar-refractivity contribution < 1.29 is 14.7 Å². The van der Waals surface area contributed by atoms with Crippen molar-refractivity contribution in [2.75, 3.05) is 10.3 Å². The molecule has 1 fully saturated rings. The minimum Gasteiger partial charge on any atom is -0.505 e. The number of phenolic OH excluding ortho intramolecular Hbond substituents is 1. The standard InChI is InChI=1S/C27H29N7O3/c1-15-10-11-20(12-16(15)2)34-23(35)13-17(3)24(27(34)37)29-28-22-9-5-8-21(25(22)36)18-6-4-7-19(14-18)26-30-32-33-31-26/h5,8-13,18-19,28,36H,4,6-7,14H2,1-3H3,(H,30,31,32,33)/b29-24+. The molecule has 0 saturated heterocycles. The number of imide groups is 1. The SMILES string of the molecule is CC1=CC(=O)N(c2ccc(C)c(C)c2)C(=O)/C1=N/Nc1cccc(C2CCCC(c3nnn[nH]3)C2)c1O. The van der Waals surface area contributed by atoms with Gasteiger partial charge in [0.25, 0.3) is 11.8 Å². The number of hydrogen-bond acceptors (Lipinski definition) is 8. The number of aromatic nitrogens is 4. The Balaban J connectivity index is 1.39. The van der Waals surface area contributed by atoms with Gasteiger partial charge in [0.15, 0.2) is 11.5 Å². The summed E-state index contributed by atoms with van der Waals surface area (Å²) in [5.74, 6) is 0.266. The van der Waals surface area contributed by atoms with E-state index in [1.165, 1.54) is 6.08 Å². The Morgan fingerprint density at radius 1 is 1.08 bits per heavy atom. The predicted molar refractivity (Wildman–Crippen MR) is 139 cm³/mol. The first kappa shape index (κ1) is 24.4. The number of nitrogens with one attached hydrogen (secondary N) is 2. The molecular formula is C27H29N7O3. The molecule has 2 aliphatic rings. The number of anilines is 2. The van der Waals surface area contributed by atoms with Crippen LogP contribution in [0.3, 0.4) is 0 Å². The second kappa shape index (κ2) is 9.96. The summed E-state index contributed by atoms with van der Waals surface area (Å²) in [5.41, 5.74) is 7.18. The van der Waals surface area contributed by atoms with Crippen molar-refractivity contribution in [1.82, 2.24) is 20.6 Å². The van der Waals surface area contributed by atoms with Crippen molar-refractivity contribution in [2.24, 2.45) is 5.10 Å². The molecule has 3 aromatic rings. The molecule has 37 heavy (non-hydrogen) atoms. The van der Waals surface area contributed by atoms with E-state index in [4.69, 9.17) is 0 Å². The molecule has 10 heteroatoms. The van der Waals surface area contributed by atoms with Crippen LogP contribution in [0.15, 0.2) is 53.1 Å². The number of para-hydroxylation sites is 1. The quantitative estimate of drug-likeness (QED) is 0.271.